The highest BCUT2D eigenvalue weighted by Crippen LogP contribution is 2.47. The number of allylic oxidation sites excluding steroid dienone is 2. The van der Waals surface area contributed by atoms with E-state index in [1.807, 2.05) is 6.92 Å². The van der Waals surface area contributed by atoms with Crippen LogP contribution in [0, 0.1) is 5.41 Å². The van der Waals surface area contributed by atoms with Gasteiger partial charge in [0.1, 0.15) is 0 Å². The second kappa shape index (κ2) is 10.9. The van der Waals surface area contributed by atoms with Crippen LogP contribution in [0.15, 0.2) is 54.2 Å². The van der Waals surface area contributed by atoms with Crippen LogP contribution in [0.5, 0.6) is 0 Å². The van der Waals surface area contributed by atoms with Crippen LogP contribution < -0.4 is 0 Å². The van der Waals surface area contributed by atoms with Crippen molar-refractivity contribution in [3.8, 4) is 0 Å². The molecular formula is C33H39F6N. The molecule has 0 bridgehead atoms. The summed E-state index contributed by atoms with van der Waals surface area (Å²) in [4.78, 5) is 2.10. The number of hydrogen-bond acceptors (Lipinski definition) is 1. The van der Waals surface area contributed by atoms with E-state index in [4.69, 9.17) is 0 Å². The fraction of sp³-hybridized carbons (Fsp3) is 0.515. The Morgan fingerprint density at radius 3 is 2.10 bits per heavy atom. The van der Waals surface area contributed by atoms with Gasteiger partial charge in [-0.1, -0.05) is 52.5 Å². The van der Waals surface area contributed by atoms with Crippen molar-refractivity contribution >= 4 is 5.57 Å². The van der Waals surface area contributed by atoms with Gasteiger partial charge < -0.3 is 4.90 Å². The summed E-state index contributed by atoms with van der Waals surface area (Å²) in [6.07, 6.45) is -4.72. The van der Waals surface area contributed by atoms with E-state index in [2.05, 4.69) is 57.4 Å². The fourth-order valence-electron chi connectivity index (χ4n) is 6.42. The van der Waals surface area contributed by atoms with Crippen LogP contribution in [-0.2, 0) is 25.2 Å². The number of likely N-dealkylation sites (tertiary alicyclic amines) is 1. The van der Waals surface area contributed by atoms with Crippen LogP contribution in [0.3, 0.4) is 0 Å². The second-order valence-electron chi connectivity index (χ2n) is 12.2. The fourth-order valence-corrected chi connectivity index (χ4v) is 6.42. The molecule has 1 aliphatic heterocycles. The van der Waals surface area contributed by atoms with Gasteiger partial charge >= 0.3 is 12.4 Å². The molecule has 2 unspecified atom stereocenters. The summed E-state index contributed by atoms with van der Waals surface area (Å²) in [5.74, 6) is -0.522. The number of halogens is 6. The summed E-state index contributed by atoms with van der Waals surface area (Å²) < 4.78 is 81.4. The third kappa shape index (κ3) is 6.28. The van der Waals surface area contributed by atoms with Gasteiger partial charge in [-0.25, -0.2) is 0 Å². The summed E-state index contributed by atoms with van der Waals surface area (Å²) in [7, 11) is 0. The van der Waals surface area contributed by atoms with Crippen LogP contribution in [0.4, 0.5) is 26.3 Å². The van der Waals surface area contributed by atoms with Crippen LogP contribution in [-0.4, -0.2) is 17.5 Å². The Bertz CT molecular complexity index is 1260. The normalized spacial score (nSPS) is 21.9. The molecule has 1 heterocycles. The minimum absolute atomic E-state index is 0.0559. The zero-order valence-electron chi connectivity index (χ0n) is 24.0. The second-order valence-corrected chi connectivity index (χ2v) is 12.2. The number of aryl methyl sites for hydroxylation is 2. The molecule has 0 aromatic heterocycles. The smallest absolute Gasteiger partial charge is 0.368 e. The standard InChI is InChI=1S/C33H39F6N/c1-7-22-9-10-23(8-2)30(14-22)28-11-12-31(5,6)18-25(28)19-40-20(3)13-29(21(40)4)24-15-26(32(34,35)36)17-27(16-24)33(37,38)39/h9-10,14-17,21,29H,3,7-8,11-13,18-19H2,1-2,4-6H3. The lowest BCUT2D eigenvalue weighted by atomic mass is 9.72. The molecule has 0 radical (unpaired) electrons. The van der Waals surface area contributed by atoms with E-state index in [1.54, 1.807) is 0 Å². The number of benzene rings is 2. The maximum atomic E-state index is 13.6. The summed E-state index contributed by atoms with van der Waals surface area (Å²) in [5, 5.41) is 0. The Balaban J connectivity index is 1.73. The molecule has 2 atom stereocenters. The van der Waals surface area contributed by atoms with Crippen LogP contribution in [0.25, 0.3) is 5.57 Å². The summed E-state index contributed by atoms with van der Waals surface area (Å²) in [6.45, 7) is 15.5. The molecule has 0 spiro atoms. The first-order chi connectivity index (χ1) is 18.5. The zero-order valence-corrected chi connectivity index (χ0v) is 24.0. The topological polar surface area (TPSA) is 3.24 Å². The molecule has 218 valence electrons. The lowest BCUT2D eigenvalue weighted by Gasteiger charge is -2.37. The van der Waals surface area contributed by atoms with Crippen LogP contribution in [0.1, 0.15) is 99.6 Å². The Morgan fingerprint density at radius 1 is 0.925 bits per heavy atom. The Morgan fingerprint density at radius 2 is 1.55 bits per heavy atom. The van der Waals surface area contributed by atoms with Crippen molar-refractivity contribution in [3.05, 3.63) is 87.6 Å². The molecule has 0 amide bonds. The third-order valence-electron chi connectivity index (χ3n) is 8.79. The van der Waals surface area contributed by atoms with Crippen molar-refractivity contribution in [1.82, 2.24) is 4.90 Å². The largest absolute Gasteiger partial charge is 0.416 e. The van der Waals surface area contributed by atoms with E-state index in [0.717, 1.165) is 49.9 Å². The van der Waals surface area contributed by atoms with E-state index in [9.17, 15) is 26.3 Å². The average Bonchev–Trinajstić information content (AvgIpc) is 3.15. The minimum atomic E-state index is -4.87. The van der Waals surface area contributed by atoms with Gasteiger partial charge in [-0.05, 0) is 102 Å². The average molecular weight is 564 g/mol. The van der Waals surface area contributed by atoms with E-state index in [-0.39, 0.29) is 23.1 Å². The van der Waals surface area contributed by atoms with E-state index < -0.39 is 29.4 Å². The molecule has 40 heavy (non-hydrogen) atoms. The van der Waals surface area contributed by atoms with Gasteiger partial charge in [0, 0.05) is 24.2 Å². The molecular weight excluding hydrogens is 524 g/mol. The molecule has 2 aromatic carbocycles. The van der Waals surface area contributed by atoms with Gasteiger partial charge in [0.05, 0.1) is 11.1 Å². The van der Waals surface area contributed by atoms with E-state index >= 15 is 0 Å². The molecule has 0 saturated carbocycles. The number of rotatable bonds is 6. The van der Waals surface area contributed by atoms with Gasteiger partial charge in [-0.2, -0.15) is 26.3 Å². The number of nitrogens with zero attached hydrogens (tertiary/aromatic N) is 1. The first kappa shape index (κ1) is 30.3. The Hall–Kier alpha value is -2.70. The Labute approximate surface area is 234 Å². The SMILES string of the molecule is C=C1CC(c2cc(C(F)(F)F)cc(C(F)(F)F)c2)C(C)N1CC1=C(c2cc(CC)ccc2CC)CCC(C)(C)C1. The number of hydrogen-bond donors (Lipinski definition) is 0. The Kier molecular flexibility index (Phi) is 8.28. The molecule has 0 N–H and O–H groups in total. The van der Waals surface area contributed by atoms with Gasteiger partial charge in [0.2, 0.25) is 0 Å². The highest BCUT2D eigenvalue weighted by molar-refractivity contribution is 5.73. The maximum Gasteiger partial charge on any atom is 0.416 e. The first-order valence-electron chi connectivity index (χ1n) is 14.1. The first-order valence-corrected chi connectivity index (χ1v) is 14.1. The zero-order chi connectivity index (χ0) is 29.6. The molecule has 2 aromatic rings. The third-order valence-corrected chi connectivity index (χ3v) is 8.79. The van der Waals surface area contributed by atoms with E-state index in [1.165, 1.54) is 27.8 Å². The van der Waals surface area contributed by atoms with Crippen molar-refractivity contribution in [3.63, 3.8) is 0 Å². The molecule has 1 nitrogen and oxygen atoms in total. The molecule has 4 rings (SSSR count). The minimum Gasteiger partial charge on any atom is -0.368 e. The lowest BCUT2D eigenvalue weighted by molar-refractivity contribution is -0.143. The quantitative estimate of drug-likeness (QED) is 0.316. The van der Waals surface area contributed by atoms with Crippen molar-refractivity contribution in [2.75, 3.05) is 6.54 Å². The van der Waals surface area contributed by atoms with Gasteiger partial charge in [-0.3, -0.25) is 0 Å². The van der Waals surface area contributed by atoms with Gasteiger partial charge in [0.25, 0.3) is 0 Å². The lowest BCUT2D eigenvalue weighted by Crippen LogP contribution is -2.33. The van der Waals surface area contributed by atoms with Gasteiger partial charge in [0.15, 0.2) is 0 Å². The molecule has 1 saturated heterocycles. The molecule has 1 aliphatic carbocycles. The van der Waals surface area contributed by atoms with Gasteiger partial charge in [-0.15, -0.1) is 0 Å². The highest BCUT2D eigenvalue weighted by atomic mass is 19.4. The summed E-state index contributed by atoms with van der Waals surface area (Å²) in [6, 6.07) is 8.33. The molecule has 7 heteroatoms. The van der Waals surface area contributed by atoms with Crippen LogP contribution in [0.2, 0.25) is 0 Å². The van der Waals surface area contributed by atoms with E-state index in [0.29, 0.717) is 13.0 Å². The maximum absolute atomic E-state index is 13.6. The van der Waals surface area contributed by atoms with Crippen molar-refractivity contribution in [2.24, 2.45) is 5.41 Å². The predicted octanol–water partition coefficient (Wildman–Crippen LogP) is 10.2. The summed E-state index contributed by atoms with van der Waals surface area (Å²) >= 11 is 0. The monoisotopic (exact) mass is 563 g/mol. The highest BCUT2D eigenvalue weighted by Gasteiger charge is 2.41. The predicted molar refractivity (Wildman–Crippen MR) is 149 cm³/mol. The van der Waals surface area contributed by atoms with Crippen molar-refractivity contribution in [2.45, 2.75) is 97.5 Å². The van der Waals surface area contributed by atoms with Crippen LogP contribution >= 0.6 is 0 Å². The molecule has 2 aliphatic rings. The number of alkyl halides is 6. The van der Waals surface area contributed by atoms with Crippen molar-refractivity contribution < 1.29 is 26.3 Å². The summed E-state index contributed by atoms with van der Waals surface area (Å²) in [5.41, 5.74) is 4.81. The van der Waals surface area contributed by atoms with Crippen molar-refractivity contribution in [1.29, 1.82) is 0 Å². The molecule has 1 fully saturated rings.